The van der Waals surface area contributed by atoms with Gasteiger partial charge in [0.1, 0.15) is 5.75 Å². The first-order valence-corrected chi connectivity index (χ1v) is 12.9. The topological polar surface area (TPSA) is 41.9 Å². The molecule has 184 valence electrons. The number of ether oxygens (including phenoxy) is 2. The summed E-state index contributed by atoms with van der Waals surface area (Å²) in [5.74, 6) is 1.74. The molecule has 0 bridgehead atoms. The number of phenolic OH excluding ortho intramolecular Hbond substituents is 1. The minimum Gasteiger partial charge on any atom is -0.508 e. The van der Waals surface area contributed by atoms with Crippen molar-refractivity contribution in [3.63, 3.8) is 0 Å². The first-order chi connectivity index (χ1) is 17.2. The Morgan fingerprint density at radius 1 is 0.857 bits per heavy atom. The van der Waals surface area contributed by atoms with Crippen molar-refractivity contribution in [2.24, 2.45) is 5.92 Å². The van der Waals surface area contributed by atoms with Crippen LogP contribution in [-0.2, 0) is 15.9 Å². The van der Waals surface area contributed by atoms with Crippen LogP contribution in [0.2, 0.25) is 0 Å². The highest BCUT2D eigenvalue weighted by atomic mass is 16.7. The summed E-state index contributed by atoms with van der Waals surface area (Å²) in [6.07, 6.45) is 5.30. The summed E-state index contributed by atoms with van der Waals surface area (Å²) in [6.45, 7) is 2.14. The lowest BCUT2D eigenvalue weighted by molar-refractivity contribution is -0.115. The number of nitrogens with zero attached hydrogens (tertiary/aromatic N) is 1. The van der Waals surface area contributed by atoms with Crippen molar-refractivity contribution in [3.05, 3.63) is 95.1 Å². The summed E-state index contributed by atoms with van der Waals surface area (Å²) < 4.78 is 10.8. The fourth-order valence-electron chi connectivity index (χ4n) is 6.16. The van der Waals surface area contributed by atoms with Gasteiger partial charge in [-0.1, -0.05) is 48.5 Å². The molecule has 3 aromatic carbocycles. The first kappa shape index (κ1) is 23.9. The van der Waals surface area contributed by atoms with E-state index in [0.29, 0.717) is 23.5 Å². The second-order valence-electron chi connectivity index (χ2n) is 10.1. The number of methoxy groups -OCH3 is 2. The lowest BCUT2D eigenvalue weighted by Crippen LogP contribution is -2.35. The van der Waals surface area contributed by atoms with Gasteiger partial charge in [0, 0.05) is 45.3 Å². The van der Waals surface area contributed by atoms with Gasteiger partial charge in [-0.25, -0.2) is 0 Å². The highest BCUT2D eigenvalue weighted by Crippen LogP contribution is 2.47. The number of hydrogen-bond acceptors (Lipinski definition) is 4. The minimum atomic E-state index is -0.0938. The Labute approximate surface area is 209 Å². The molecule has 0 aromatic heterocycles. The van der Waals surface area contributed by atoms with Gasteiger partial charge in [0.15, 0.2) is 6.29 Å². The molecular weight excluding hydrogens is 434 g/mol. The van der Waals surface area contributed by atoms with Gasteiger partial charge in [-0.15, -0.1) is 0 Å². The quantitative estimate of drug-likeness (QED) is 0.401. The predicted molar refractivity (Wildman–Crippen MR) is 141 cm³/mol. The molecule has 0 saturated carbocycles. The van der Waals surface area contributed by atoms with Gasteiger partial charge < -0.3 is 19.5 Å². The molecule has 1 aliphatic carbocycles. The fourth-order valence-corrected chi connectivity index (χ4v) is 6.16. The third-order valence-corrected chi connectivity index (χ3v) is 8.10. The molecule has 4 heteroatoms. The van der Waals surface area contributed by atoms with Gasteiger partial charge in [0.2, 0.25) is 0 Å². The van der Waals surface area contributed by atoms with Crippen LogP contribution < -0.4 is 4.90 Å². The maximum absolute atomic E-state index is 10.1. The average Bonchev–Trinajstić information content (AvgIpc) is 2.92. The second kappa shape index (κ2) is 10.8. The molecule has 5 rings (SSSR count). The molecule has 1 N–H and O–H groups in total. The van der Waals surface area contributed by atoms with E-state index in [0.717, 1.165) is 32.4 Å². The summed E-state index contributed by atoms with van der Waals surface area (Å²) in [5.41, 5.74) is 6.68. The zero-order valence-corrected chi connectivity index (χ0v) is 20.9. The lowest BCUT2D eigenvalue weighted by Gasteiger charge is -2.36. The summed E-state index contributed by atoms with van der Waals surface area (Å²) in [4.78, 5) is 2.51. The van der Waals surface area contributed by atoms with Crippen molar-refractivity contribution in [2.75, 3.05) is 32.2 Å². The van der Waals surface area contributed by atoms with Crippen LogP contribution in [0.5, 0.6) is 5.75 Å². The van der Waals surface area contributed by atoms with E-state index in [1.54, 1.807) is 14.2 Å². The number of anilines is 1. The summed E-state index contributed by atoms with van der Waals surface area (Å²) >= 11 is 0. The maximum Gasteiger partial charge on any atom is 0.157 e. The van der Waals surface area contributed by atoms with Crippen molar-refractivity contribution in [1.29, 1.82) is 0 Å². The molecule has 2 unspecified atom stereocenters. The van der Waals surface area contributed by atoms with Crippen LogP contribution in [-0.4, -0.2) is 38.7 Å². The van der Waals surface area contributed by atoms with Gasteiger partial charge in [0.05, 0.1) is 0 Å². The van der Waals surface area contributed by atoms with Gasteiger partial charge in [-0.2, -0.15) is 0 Å². The van der Waals surface area contributed by atoms with Crippen LogP contribution in [0.3, 0.4) is 0 Å². The number of aryl methyl sites for hydroxylation is 1. The maximum atomic E-state index is 10.1. The number of benzene rings is 3. The molecule has 1 heterocycles. The molecule has 3 aromatic rings. The Morgan fingerprint density at radius 2 is 1.57 bits per heavy atom. The molecule has 0 radical (unpaired) electrons. The van der Waals surface area contributed by atoms with E-state index in [4.69, 9.17) is 9.47 Å². The number of piperidine rings is 1. The van der Waals surface area contributed by atoms with Crippen LogP contribution >= 0.6 is 0 Å². The Kier molecular flexibility index (Phi) is 7.40. The molecule has 0 spiro atoms. The Morgan fingerprint density at radius 3 is 2.26 bits per heavy atom. The standard InChI is InChI=1S/C31H37NO3/c1-34-30(35-2)20-22-16-18-32(19-17-22)26-11-8-24(9-12-26)31-28(23-6-4-3-5-7-23)14-10-25-21-27(33)13-15-29(25)31/h3-9,11-13,15,21-22,28,30-31,33H,10,14,16-20H2,1-2H3. The van der Waals surface area contributed by atoms with Crippen LogP contribution in [0.4, 0.5) is 5.69 Å². The number of aromatic hydroxyl groups is 1. The highest BCUT2D eigenvalue weighted by molar-refractivity contribution is 5.52. The molecule has 2 atom stereocenters. The van der Waals surface area contributed by atoms with Crippen LogP contribution in [0.25, 0.3) is 0 Å². The van der Waals surface area contributed by atoms with Gasteiger partial charge in [0.25, 0.3) is 0 Å². The van der Waals surface area contributed by atoms with Gasteiger partial charge >= 0.3 is 0 Å². The largest absolute Gasteiger partial charge is 0.508 e. The van der Waals surface area contributed by atoms with Gasteiger partial charge in [-0.3, -0.25) is 0 Å². The number of rotatable bonds is 7. The average molecular weight is 472 g/mol. The Bertz CT molecular complexity index is 1090. The molecule has 35 heavy (non-hydrogen) atoms. The Hall–Kier alpha value is -2.82. The van der Waals surface area contributed by atoms with E-state index in [9.17, 15) is 5.11 Å². The van der Waals surface area contributed by atoms with Crippen LogP contribution in [0, 0.1) is 5.92 Å². The summed E-state index contributed by atoms with van der Waals surface area (Å²) in [6, 6.07) is 26.1. The first-order valence-electron chi connectivity index (χ1n) is 12.9. The monoisotopic (exact) mass is 471 g/mol. The van der Waals surface area contributed by atoms with Crippen molar-refractivity contribution in [1.82, 2.24) is 0 Å². The molecule has 4 nitrogen and oxygen atoms in total. The summed E-state index contributed by atoms with van der Waals surface area (Å²) in [5, 5.41) is 10.1. The molecule has 1 aliphatic heterocycles. The summed E-state index contributed by atoms with van der Waals surface area (Å²) in [7, 11) is 3.45. The third kappa shape index (κ3) is 5.24. The predicted octanol–water partition coefficient (Wildman–Crippen LogP) is 6.48. The Balaban J connectivity index is 1.35. The van der Waals surface area contributed by atoms with Crippen molar-refractivity contribution >= 4 is 5.69 Å². The van der Waals surface area contributed by atoms with E-state index in [1.807, 2.05) is 12.1 Å². The molecule has 0 amide bonds. The number of fused-ring (bicyclic) bond motifs is 1. The molecular formula is C31H37NO3. The van der Waals surface area contributed by atoms with Gasteiger partial charge in [-0.05, 0) is 84.0 Å². The number of phenols is 1. The van der Waals surface area contributed by atoms with Crippen molar-refractivity contribution in [3.8, 4) is 5.75 Å². The SMILES string of the molecule is COC(CC1CCN(c2ccc(C3c4ccc(O)cc4CCC3c3ccccc3)cc2)CC1)OC. The minimum absolute atomic E-state index is 0.0938. The highest BCUT2D eigenvalue weighted by Gasteiger charge is 2.32. The van der Waals surface area contributed by atoms with E-state index in [-0.39, 0.29) is 6.29 Å². The smallest absolute Gasteiger partial charge is 0.157 e. The van der Waals surface area contributed by atoms with Crippen molar-refractivity contribution < 1.29 is 14.6 Å². The zero-order chi connectivity index (χ0) is 24.2. The van der Waals surface area contributed by atoms with E-state index < -0.39 is 0 Å². The van der Waals surface area contributed by atoms with Crippen molar-refractivity contribution in [2.45, 2.75) is 50.2 Å². The lowest BCUT2D eigenvalue weighted by atomic mass is 9.69. The second-order valence-corrected chi connectivity index (χ2v) is 10.1. The molecule has 1 saturated heterocycles. The van der Waals surface area contributed by atoms with E-state index >= 15 is 0 Å². The van der Waals surface area contributed by atoms with E-state index in [2.05, 4.69) is 65.6 Å². The molecule has 2 aliphatic rings. The molecule has 1 fully saturated rings. The van der Waals surface area contributed by atoms with Crippen LogP contribution in [0.1, 0.15) is 59.8 Å². The van der Waals surface area contributed by atoms with E-state index in [1.165, 1.54) is 40.8 Å². The normalized spacial score (nSPS) is 20.7. The fraction of sp³-hybridized carbons (Fsp3) is 0.419. The number of hydrogen-bond donors (Lipinski definition) is 1. The van der Waals surface area contributed by atoms with Crippen LogP contribution in [0.15, 0.2) is 72.8 Å². The third-order valence-electron chi connectivity index (χ3n) is 8.10. The zero-order valence-electron chi connectivity index (χ0n) is 20.9.